The summed E-state index contributed by atoms with van der Waals surface area (Å²) in [7, 11) is 0. The number of hydrogen-bond acceptors (Lipinski definition) is 3. The summed E-state index contributed by atoms with van der Waals surface area (Å²) in [6.45, 7) is 4.24. The monoisotopic (exact) mass is 257 g/mol. The Morgan fingerprint density at radius 3 is 2.84 bits per heavy atom. The molecule has 2 heterocycles. The Bertz CT molecular complexity index is 661. The molecule has 0 unspecified atom stereocenters. The van der Waals surface area contributed by atoms with E-state index in [0.29, 0.717) is 11.4 Å². The summed E-state index contributed by atoms with van der Waals surface area (Å²) >= 11 is 0. The van der Waals surface area contributed by atoms with Crippen molar-refractivity contribution in [2.45, 2.75) is 20.1 Å². The van der Waals surface area contributed by atoms with E-state index in [1.165, 1.54) is 10.2 Å². The number of aliphatic hydroxyl groups is 1. The molecule has 0 bridgehead atoms. The number of carbonyl (C=O) groups excluding carboxylic acids is 1. The van der Waals surface area contributed by atoms with Crippen LogP contribution in [0.4, 0.5) is 0 Å². The highest BCUT2D eigenvalue weighted by atomic mass is 16.3. The van der Waals surface area contributed by atoms with Gasteiger partial charge in [-0.15, -0.1) is 0 Å². The highest BCUT2D eigenvalue weighted by Crippen LogP contribution is 2.26. The molecule has 0 radical (unpaired) electrons. The van der Waals surface area contributed by atoms with Gasteiger partial charge in [-0.2, -0.15) is 5.10 Å². The Morgan fingerprint density at radius 1 is 1.37 bits per heavy atom. The first-order chi connectivity index (χ1) is 9.06. The molecule has 3 rings (SSSR count). The van der Waals surface area contributed by atoms with Gasteiger partial charge in [0.1, 0.15) is 5.69 Å². The van der Waals surface area contributed by atoms with Crippen molar-refractivity contribution in [2.24, 2.45) is 0 Å². The fourth-order valence-corrected chi connectivity index (χ4v) is 2.38. The Morgan fingerprint density at radius 2 is 2.16 bits per heavy atom. The van der Waals surface area contributed by atoms with Crippen LogP contribution in [-0.4, -0.2) is 27.3 Å². The average Bonchev–Trinajstić information content (AvgIpc) is 2.80. The normalized spacial score (nSPS) is 18.1. The summed E-state index contributed by atoms with van der Waals surface area (Å²) in [5.41, 5.74) is 4.37. The molecule has 0 spiro atoms. The number of β-amino-alcohol motifs (C(OH)–C–C–N with tert-alkyl or cyclic N) is 1. The summed E-state index contributed by atoms with van der Waals surface area (Å²) in [6, 6.07) is 7.79. The van der Waals surface area contributed by atoms with Crippen molar-refractivity contribution >= 4 is 5.91 Å². The van der Waals surface area contributed by atoms with Crippen molar-refractivity contribution in [3.05, 3.63) is 41.1 Å². The highest BCUT2D eigenvalue weighted by molar-refractivity contribution is 5.94. The number of aromatic nitrogens is 2. The predicted molar refractivity (Wildman–Crippen MR) is 70.7 cm³/mol. The third-order valence-corrected chi connectivity index (χ3v) is 3.35. The summed E-state index contributed by atoms with van der Waals surface area (Å²) in [4.78, 5) is 11.7. The first-order valence-corrected chi connectivity index (χ1v) is 6.19. The molecule has 2 aromatic rings. The SMILES string of the molecule is Cc1ccc(-c2cc3n(n2)[C@@H](O)CNC3=O)c(C)c1. The first kappa shape index (κ1) is 11.9. The summed E-state index contributed by atoms with van der Waals surface area (Å²) in [5.74, 6) is -0.200. The fraction of sp³-hybridized carbons (Fsp3) is 0.286. The van der Waals surface area contributed by atoms with Gasteiger partial charge >= 0.3 is 0 Å². The van der Waals surface area contributed by atoms with Gasteiger partial charge in [-0.1, -0.05) is 23.8 Å². The Balaban J connectivity index is 2.12. The molecule has 19 heavy (non-hydrogen) atoms. The number of rotatable bonds is 1. The van der Waals surface area contributed by atoms with E-state index >= 15 is 0 Å². The Hall–Kier alpha value is -2.14. The lowest BCUT2D eigenvalue weighted by Crippen LogP contribution is -2.39. The van der Waals surface area contributed by atoms with Crippen LogP contribution in [0.5, 0.6) is 0 Å². The Labute approximate surface area is 110 Å². The van der Waals surface area contributed by atoms with Crippen molar-refractivity contribution in [3.63, 3.8) is 0 Å². The van der Waals surface area contributed by atoms with E-state index in [1.807, 2.05) is 26.0 Å². The molecular formula is C14H15N3O2. The van der Waals surface area contributed by atoms with E-state index in [9.17, 15) is 9.90 Å². The molecule has 1 amide bonds. The van der Waals surface area contributed by atoms with Crippen molar-refractivity contribution in [1.82, 2.24) is 15.1 Å². The maximum Gasteiger partial charge on any atom is 0.269 e. The van der Waals surface area contributed by atoms with E-state index in [0.717, 1.165) is 11.1 Å². The summed E-state index contributed by atoms with van der Waals surface area (Å²) in [5, 5.41) is 16.8. The first-order valence-electron chi connectivity index (χ1n) is 6.19. The van der Waals surface area contributed by atoms with Gasteiger partial charge in [-0.05, 0) is 25.5 Å². The number of hydrogen-bond donors (Lipinski definition) is 2. The quantitative estimate of drug-likeness (QED) is 0.811. The van der Waals surface area contributed by atoms with Gasteiger partial charge in [0.05, 0.1) is 12.2 Å². The zero-order valence-corrected chi connectivity index (χ0v) is 10.8. The number of carbonyl (C=O) groups is 1. The van der Waals surface area contributed by atoms with Crippen molar-refractivity contribution in [3.8, 4) is 11.3 Å². The third-order valence-electron chi connectivity index (χ3n) is 3.35. The third kappa shape index (κ3) is 1.92. The molecule has 1 aliphatic heterocycles. The fourth-order valence-electron chi connectivity index (χ4n) is 2.38. The lowest BCUT2D eigenvalue weighted by molar-refractivity contribution is 0.0594. The topological polar surface area (TPSA) is 67.2 Å². The number of nitrogens with one attached hydrogen (secondary N) is 1. The number of nitrogens with zero attached hydrogens (tertiary/aromatic N) is 2. The van der Waals surface area contributed by atoms with E-state index < -0.39 is 6.23 Å². The van der Waals surface area contributed by atoms with Gasteiger partial charge in [-0.25, -0.2) is 4.68 Å². The molecule has 0 aliphatic carbocycles. The van der Waals surface area contributed by atoms with Crippen molar-refractivity contribution in [1.29, 1.82) is 0 Å². The van der Waals surface area contributed by atoms with Crippen LogP contribution in [0.2, 0.25) is 0 Å². The van der Waals surface area contributed by atoms with Gasteiger partial charge < -0.3 is 10.4 Å². The van der Waals surface area contributed by atoms with Crippen LogP contribution >= 0.6 is 0 Å². The molecule has 5 nitrogen and oxygen atoms in total. The zero-order chi connectivity index (χ0) is 13.6. The van der Waals surface area contributed by atoms with Crippen LogP contribution in [0.3, 0.4) is 0 Å². The number of fused-ring (bicyclic) bond motifs is 1. The maximum absolute atomic E-state index is 11.7. The molecular weight excluding hydrogens is 242 g/mol. The molecule has 1 atom stereocenters. The van der Waals surface area contributed by atoms with Crippen LogP contribution in [0.1, 0.15) is 27.8 Å². The number of benzene rings is 1. The molecule has 0 saturated carbocycles. The van der Waals surface area contributed by atoms with E-state index in [-0.39, 0.29) is 12.5 Å². The average molecular weight is 257 g/mol. The Kier molecular flexibility index (Phi) is 2.64. The standard InChI is InChI=1S/C14H15N3O2/c1-8-3-4-10(9(2)5-8)11-6-12-14(19)15-7-13(18)17(12)16-11/h3-6,13,18H,7H2,1-2H3,(H,15,19)/t13-/m0/s1. The van der Waals surface area contributed by atoms with Crippen LogP contribution in [0, 0.1) is 13.8 Å². The van der Waals surface area contributed by atoms with Gasteiger partial charge in [0.25, 0.3) is 5.91 Å². The number of aliphatic hydroxyl groups excluding tert-OH is 1. The minimum atomic E-state index is -0.799. The molecule has 0 fully saturated rings. The number of aryl methyl sites for hydroxylation is 2. The largest absolute Gasteiger partial charge is 0.370 e. The van der Waals surface area contributed by atoms with Gasteiger partial charge in [-0.3, -0.25) is 4.79 Å². The van der Waals surface area contributed by atoms with Crippen molar-refractivity contribution in [2.75, 3.05) is 6.54 Å². The van der Waals surface area contributed by atoms with Crippen LogP contribution in [0.25, 0.3) is 11.3 Å². The second-order valence-electron chi connectivity index (χ2n) is 4.87. The molecule has 1 aromatic carbocycles. The second kappa shape index (κ2) is 4.20. The smallest absolute Gasteiger partial charge is 0.269 e. The molecule has 1 aromatic heterocycles. The van der Waals surface area contributed by atoms with Crippen LogP contribution in [0.15, 0.2) is 24.3 Å². The van der Waals surface area contributed by atoms with Gasteiger partial charge in [0.15, 0.2) is 6.23 Å². The lowest BCUT2D eigenvalue weighted by Gasteiger charge is -2.19. The molecule has 98 valence electrons. The summed E-state index contributed by atoms with van der Waals surface area (Å²) in [6.07, 6.45) is -0.799. The molecule has 2 N–H and O–H groups in total. The zero-order valence-electron chi connectivity index (χ0n) is 10.8. The second-order valence-corrected chi connectivity index (χ2v) is 4.87. The van der Waals surface area contributed by atoms with E-state index in [2.05, 4.69) is 16.5 Å². The number of amides is 1. The highest BCUT2D eigenvalue weighted by Gasteiger charge is 2.25. The minimum Gasteiger partial charge on any atom is -0.370 e. The van der Waals surface area contributed by atoms with E-state index in [1.54, 1.807) is 6.07 Å². The maximum atomic E-state index is 11.7. The molecule has 5 heteroatoms. The minimum absolute atomic E-state index is 0.194. The molecule has 1 aliphatic rings. The van der Waals surface area contributed by atoms with Gasteiger partial charge in [0, 0.05) is 5.56 Å². The lowest BCUT2D eigenvalue weighted by atomic mass is 10.0. The summed E-state index contributed by atoms with van der Waals surface area (Å²) < 4.78 is 1.38. The molecule has 0 saturated heterocycles. The predicted octanol–water partition coefficient (Wildman–Crippen LogP) is 1.40. The van der Waals surface area contributed by atoms with Crippen molar-refractivity contribution < 1.29 is 9.90 Å². The van der Waals surface area contributed by atoms with Crippen LogP contribution < -0.4 is 5.32 Å². The van der Waals surface area contributed by atoms with Gasteiger partial charge in [0.2, 0.25) is 0 Å². The van der Waals surface area contributed by atoms with Crippen LogP contribution in [-0.2, 0) is 0 Å². The van der Waals surface area contributed by atoms with E-state index in [4.69, 9.17) is 0 Å².